The predicted molar refractivity (Wildman–Crippen MR) is 102 cm³/mol. The van der Waals surface area contributed by atoms with Gasteiger partial charge in [0, 0.05) is 25.7 Å². The van der Waals surface area contributed by atoms with Crippen molar-refractivity contribution in [3.05, 3.63) is 46.8 Å². The Balaban J connectivity index is 1.86. The molecule has 26 heavy (non-hydrogen) atoms. The minimum Gasteiger partial charge on any atom is -0.303 e. The molecule has 0 spiro atoms. The van der Waals surface area contributed by atoms with E-state index < -0.39 is 10.0 Å². The molecule has 1 aliphatic heterocycles. The molecule has 0 aliphatic carbocycles. The van der Waals surface area contributed by atoms with Crippen molar-refractivity contribution in [1.82, 2.24) is 19.0 Å². The molecule has 0 saturated heterocycles. The van der Waals surface area contributed by atoms with Crippen LogP contribution >= 0.6 is 0 Å². The van der Waals surface area contributed by atoms with Crippen molar-refractivity contribution in [2.75, 3.05) is 20.6 Å². The van der Waals surface area contributed by atoms with Crippen molar-refractivity contribution >= 4 is 10.0 Å². The Morgan fingerprint density at radius 1 is 1.19 bits per heavy atom. The minimum absolute atomic E-state index is 0.362. The molecule has 1 aromatic carbocycles. The SMILES string of the molecule is CC(C)c1ccc(S(=O)(=O)N2CCc3c(CN(C)C)nn(C)c3C2)cc1. The first-order chi connectivity index (χ1) is 12.2. The number of aryl methyl sites for hydroxylation is 1. The fraction of sp³-hybridized carbons (Fsp3) is 0.526. The molecule has 1 aliphatic rings. The molecule has 142 valence electrons. The van der Waals surface area contributed by atoms with Gasteiger partial charge in [0.1, 0.15) is 0 Å². The van der Waals surface area contributed by atoms with E-state index in [1.165, 1.54) is 5.56 Å². The number of benzene rings is 1. The first-order valence-electron chi connectivity index (χ1n) is 8.98. The predicted octanol–water partition coefficient (Wildman–Crippen LogP) is 2.35. The number of hydrogen-bond donors (Lipinski definition) is 0. The number of sulfonamides is 1. The van der Waals surface area contributed by atoms with Gasteiger partial charge in [0.2, 0.25) is 10.0 Å². The molecule has 0 fully saturated rings. The molecule has 3 rings (SSSR count). The van der Waals surface area contributed by atoms with E-state index in [0.717, 1.165) is 23.5 Å². The van der Waals surface area contributed by atoms with Crippen LogP contribution in [0.3, 0.4) is 0 Å². The second kappa shape index (κ2) is 7.13. The maximum atomic E-state index is 13.1. The zero-order valence-corrected chi connectivity index (χ0v) is 17.0. The van der Waals surface area contributed by atoms with E-state index in [2.05, 4.69) is 23.8 Å². The van der Waals surface area contributed by atoms with Crippen LogP contribution in [-0.2, 0) is 36.6 Å². The van der Waals surface area contributed by atoms with Gasteiger partial charge in [-0.25, -0.2) is 8.42 Å². The second-order valence-electron chi connectivity index (χ2n) is 7.55. The molecular weight excluding hydrogens is 348 g/mol. The maximum Gasteiger partial charge on any atom is 0.243 e. The molecule has 0 amide bonds. The highest BCUT2D eigenvalue weighted by atomic mass is 32.2. The summed E-state index contributed by atoms with van der Waals surface area (Å²) < 4.78 is 29.5. The molecule has 0 N–H and O–H groups in total. The molecule has 0 bridgehead atoms. The highest BCUT2D eigenvalue weighted by molar-refractivity contribution is 7.89. The summed E-state index contributed by atoms with van der Waals surface area (Å²) in [5.74, 6) is 0.383. The van der Waals surface area contributed by atoms with Crippen LogP contribution in [-0.4, -0.2) is 48.0 Å². The number of hydrogen-bond acceptors (Lipinski definition) is 4. The maximum absolute atomic E-state index is 13.1. The quantitative estimate of drug-likeness (QED) is 0.804. The smallest absolute Gasteiger partial charge is 0.243 e. The van der Waals surface area contributed by atoms with Crippen LogP contribution in [0.4, 0.5) is 0 Å². The van der Waals surface area contributed by atoms with Gasteiger partial charge in [-0.05, 0) is 44.1 Å². The molecule has 2 aromatic rings. The van der Waals surface area contributed by atoms with E-state index in [-0.39, 0.29) is 0 Å². The van der Waals surface area contributed by atoms with E-state index in [1.54, 1.807) is 16.4 Å². The number of rotatable bonds is 5. The van der Waals surface area contributed by atoms with Crippen LogP contribution in [0, 0.1) is 0 Å². The lowest BCUT2D eigenvalue weighted by Gasteiger charge is -2.27. The monoisotopic (exact) mass is 376 g/mol. The lowest BCUT2D eigenvalue weighted by atomic mass is 10.0. The first kappa shape index (κ1) is 19.1. The van der Waals surface area contributed by atoms with Gasteiger partial charge in [-0.1, -0.05) is 26.0 Å². The summed E-state index contributed by atoms with van der Waals surface area (Å²) in [6.45, 7) is 5.84. The van der Waals surface area contributed by atoms with Gasteiger partial charge in [0.15, 0.2) is 0 Å². The summed E-state index contributed by atoms with van der Waals surface area (Å²) in [5.41, 5.74) is 4.38. The molecule has 6 nitrogen and oxygen atoms in total. The minimum atomic E-state index is -3.50. The van der Waals surface area contributed by atoms with E-state index >= 15 is 0 Å². The van der Waals surface area contributed by atoms with Gasteiger partial charge in [-0.15, -0.1) is 0 Å². The van der Waals surface area contributed by atoms with Crippen molar-refractivity contribution in [3.8, 4) is 0 Å². The van der Waals surface area contributed by atoms with Gasteiger partial charge in [-0.3, -0.25) is 4.68 Å². The highest BCUT2D eigenvalue weighted by Crippen LogP contribution is 2.28. The Morgan fingerprint density at radius 2 is 1.85 bits per heavy atom. The van der Waals surface area contributed by atoms with E-state index in [4.69, 9.17) is 0 Å². The summed E-state index contributed by atoms with van der Waals surface area (Å²) >= 11 is 0. The third kappa shape index (κ3) is 3.56. The Kier molecular flexibility index (Phi) is 5.23. The average Bonchev–Trinajstić information content (AvgIpc) is 2.89. The number of fused-ring (bicyclic) bond motifs is 1. The van der Waals surface area contributed by atoms with Gasteiger partial charge < -0.3 is 4.90 Å². The lowest BCUT2D eigenvalue weighted by molar-refractivity contribution is 0.376. The van der Waals surface area contributed by atoms with Crippen LogP contribution < -0.4 is 0 Å². The van der Waals surface area contributed by atoms with Crippen molar-refractivity contribution in [1.29, 1.82) is 0 Å². The average molecular weight is 377 g/mol. The summed E-state index contributed by atoms with van der Waals surface area (Å²) in [6.07, 6.45) is 0.704. The van der Waals surface area contributed by atoms with E-state index in [1.807, 2.05) is 38.0 Å². The Morgan fingerprint density at radius 3 is 2.42 bits per heavy atom. The lowest BCUT2D eigenvalue weighted by Crippen LogP contribution is -2.36. The fourth-order valence-corrected chi connectivity index (χ4v) is 4.84. The zero-order chi connectivity index (χ0) is 19.1. The molecule has 0 radical (unpaired) electrons. The molecule has 2 heterocycles. The molecule has 7 heteroatoms. The van der Waals surface area contributed by atoms with Gasteiger partial charge in [0.05, 0.1) is 22.8 Å². The van der Waals surface area contributed by atoms with E-state index in [9.17, 15) is 8.42 Å². The summed E-state index contributed by atoms with van der Waals surface area (Å²) in [7, 11) is 2.43. The van der Waals surface area contributed by atoms with Crippen LogP contribution in [0.2, 0.25) is 0 Å². The molecule has 1 aromatic heterocycles. The van der Waals surface area contributed by atoms with E-state index in [0.29, 0.717) is 30.3 Å². The third-order valence-electron chi connectivity index (χ3n) is 4.95. The fourth-order valence-electron chi connectivity index (χ4n) is 3.44. The number of aromatic nitrogens is 2. The Hall–Kier alpha value is -1.70. The second-order valence-corrected chi connectivity index (χ2v) is 9.48. The normalized spacial score (nSPS) is 15.7. The number of nitrogens with zero attached hydrogens (tertiary/aromatic N) is 4. The molecule has 0 saturated carbocycles. The third-order valence-corrected chi connectivity index (χ3v) is 6.81. The van der Waals surface area contributed by atoms with Crippen molar-refractivity contribution in [3.63, 3.8) is 0 Å². The summed E-state index contributed by atoms with van der Waals surface area (Å²) in [5, 5.41) is 4.61. The van der Waals surface area contributed by atoms with Crippen LogP contribution in [0.25, 0.3) is 0 Å². The largest absolute Gasteiger partial charge is 0.303 e. The first-order valence-corrected chi connectivity index (χ1v) is 10.4. The van der Waals surface area contributed by atoms with Crippen LogP contribution in [0.1, 0.15) is 42.3 Å². The standard InChI is InChI=1S/C19H28N4O2S/c1-14(2)15-6-8-16(9-7-15)26(24,25)23-11-10-17-18(12-21(3)4)20-22(5)19(17)13-23/h6-9,14H,10-13H2,1-5H3. The van der Waals surface area contributed by atoms with Crippen molar-refractivity contribution < 1.29 is 8.42 Å². The summed E-state index contributed by atoms with van der Waals surface area (Å²) in [4.78, 5) is 2.45. The Labute approximate surface area is 156 Å². The van der Waals surface area contributed by atoms with Crippen molar-refractivity contribution in [2.45, 2.75) is 44.2 Å². The van der Waals surface area contributed by atoms with Gasteiger partial charge in [0.25, 0.3) is 0 Å². The molecule has 0 atom stereocenters. The zero-order valence-electron chi connectivity index (χ0n) is 16.2. The molecule has 0 unspecified atom stereocenters. The van der Waals surface area contributed by atoms with Gasteiger partial charge >= 0.3 is 0 Å². The Bertz CT molecular complexity index is 883. The molecular formula is C19H28N4O2S. The summed E-state index contributed by atoms with van der Waals surface area (Å²) in [6, 6.07) is 7.26. The highest BCUT2D eigenvalue weighted by Gasteiger charge is 2.31. The topological polar surface area (TPSA) is 58.4 Å². The van der Waals surface area contributed by atoms with Crippen LogP contribution in [0.15, 0.2) is 29.2 Å². The van der Waals surface area contributed by atoms with Gasteiger partial charge in [-0.2, -0.15) is 9.40 Å². The van der Waals surface area contributed by atoms with Crippen LogP contribution in [0.5, 0.6) is 0 Å². The van der Waals surface area contributed by atoms with Crippen molar-refractivity contribution in [2.24, 2.45) is 7.05 Å².